The third kappa shape index (κ3) is 3.03. The minimum Gasteiger partial charge on any atom is -0.383 e. The van der Waals surface area contributed by atoms with Crippen molar-refractivity contribution < 1.29 is 4.74 Å². The summed E-state index contributed by atoms with van der Waals surface area (Å²) >= 11 is 0. The van der Waals surface area contributed by atoms with Crippen LogP contribution in [0.3, 0.4) is 0 Å². The van der Waals surface area contributed by atoms with E-state index in [2.05, 4.69) is 44.5 Å². The van der Waals surface area contributed by atoms with E-state index < -0.39 is 0 Å². The number of nitrogens with two attached hydrogens (primary N) is 1. The fourth-order valence-corrected chi connectivity index (χ4v) is 2.52. The lowest BCUT2D eigenvalue weighted by atomic mass is 9.95. The van der Waals surface area contributed by atoms with E-state index in [0.29, 0.717) is 5.82 Å². The second-order valence-electron chi connectivity index (χ2n) is 6.79. The van der Waals surface area contributed by atoms with E-state index in [1.54, 1.807) is 0 Å². The highest BCUT2D eigenvalue weighted by Gasteiger charge is 2.27. The molecule has 1 aliphatic rings. The van der Waals surface area contributed by atoms with Crippen LogP contribution in [0.25, 0.3) is 0 Å². The number of hydrogen-bond acceptors (Lipinski definition) is 5. The average molecular weight is 278 g/mol. The van der Waals surface area contributed by atoms with Crippen molar-refractivity contribution in [3.05, 3.63) is 11.4 Å². The molecule has 2 rings (SSSR count). The normalized spacial score (nSPS) is 24.0. The second kappa shape index (κ2) is 5.20. The molecule has 1 aromatic rings. The Morgan fingerprint density at radius 2 is 1.70 bits per heavy atom. The predicted octanol–water partition coefficient (Wildman–Crippen LogP) is 2.28. The third-order valence-corrected chi connectivity index (χ3v) is 3.55. The van der Waals surface area contributed by atoms with Gasteiger partial charge in [-0.1, -0.05) is 20.8 Å². The first-order valence-electron chi connectivity index (χ1n) is 7.23. The lowest BCUT2D eigenvalue weighted by Crippen LogP contribution is -2.46. The summed E-state index contributed by atoms with van der Waals surface area (Å²) in [5, 5.41) is 0. The number of morpholine rings is 1. The maximum absolute atomic E-state index is 6.09. The number of ether oxygens (including phenoxy) is 1. The molecule has 0 radical (unpaired) electrons. The van der Waals surface area contributed by atoms with Crippen molar-refractivity contribution in [1.82, 2.24) is 9.97 Å². The Balaban J connectivity index is 2.42. The van der Waals surface area contributed by atoms with Crippen molar-refractivity contribution >= 4 is 11.6 Å². The first-order valence-corrected chi connectivity index (χ1v) is 7.23. The van der Waals surface area contributed by atoms with Crippen LogP contribution in [0.5, 0.6) is 0 Å². The summed E-state index contributed by atoms with van der Waals surface area (Å²) in [7, 11) is 0. The van der Waals surface area contributed by atoms with Crippen LogP contribution in [0.2, 0.25) is 0 Å². The van der Waals surface area contributed by atoms with Gasteiger partial charge in [0.25, 0.3) is 0 Å². The molecule has 2 N–H and O–H groups in total. The minimum absolute atomic E-state index is 0.111. The topological polar surface area (TPSA) is 64.3 Å². The molecule has 0 aromatic carbocycles. The van der Waals surface area contributed by atoms with Gasteiger partial charge in [-0.2, -0.15) is 0 Å². The first-order chi connectivity index (χ1) is 9.18. The maximum atomic E-state index is 6.09. The van der Waals surface area contributed by atoms with E-state index in [0.717, 1.165) is 30.3 Å². The zero-order valence-electron chi connectivity index (χ0n) is 13.4. The Labute approximate surface area is 121 Å². The Morgan fingerprint density at radius 3 is 2.20 bits per heavy atom. The number of nitrogen functional groups attached to an aromatic ring is 1. The molecule has 1 saturated heterocycles. The molecule has 2 heterocycles. The van der Waals surface area contributed by atoms with Gasteiger partial charge in [-0.05, 0) is 20.8 Å². The highest BCUT2D eigenvalue weighted by atomic mass is 16.5. The SMILES string of the molecule is Cc1c(N)nc(C(C)(C)C)nc1N1C[C@@H](C)O[C@@H](C)C1. The van der Waals surface area contributed by atoms with Gasteiger partial charge in [0.05, 0.1) is 12.2 Å². The molecular formula is C15H26N4O. The van der Waals surface area contributed by atoms with E-state index in [4.69, 9.17) is 15.5 Å². The minimum atomic E-state index is -0.111. The van der Waals surface area contributed by atoms with E-state index in [1.165, 1.54) is 0 Å². The number of hydrogen-bond donors (Lipinski definition) is 1. The number of nitrogens with zero attached hydrogens (tertiary/aromatic N) is 3. The fourth-order valence-electron chi connectivity index (χ4n) is 2.52. The molecule has 112 valence electrons. The van der Waals surface area contributed by atoms with Crippen molar-refractivity contribution in [3.63, 3.8) is 0 Å². The van der Waals surface area contributed by atoms with E-state index >= 15 is 0 Å². The molecule has 5 heteroatoms. The highest BCUT2D eigenvalue weighted by Crippen LogP contribution is 2.28. The molecule has 0 saturated carbocycles. The molecule has 0 bridgehead atoms. The van der Waals surface area contributed by atoms with Crippen LogP contribution >= 0.6 is 0 Å². The van der Waals surface area contributed by atoms with Crippen molar-refractivity contribution in [1.29, 1.82) is 0 Å². The van der Waals surface area contributed by atoms with Gasteiger partial charge in [-0.3, -0.25) is 0 Å². The number of rotatable bonds is 1. The predicted molar refractivity (Wildman–Crippen MR) is 82.1 cm³/mol. The summed E-state index contributed by atoms with van der Waals surface area (Å²) in [6.45, 7) is 14.2. The lowest BCUT2D eigenvalue weighted by molar-refractivity contribution is -0.00551. The Morgan fingerprint density at radius 1 is 1.15 bits per heavy atom. The smallest absolute Gasteiger partial charge is 0.138 e. The quantitative estimate of drug-likeness (QED) is 0.853. The lowest BCUT2D eigenvalue weighted by Gasteiger charge is -2.37. The summed E-state index contributed by atoms with van der Waals surface area (Å²) < 4.78 is 5.79. The van der Waals surface area contributed by atoms with E-state index in [-0.39, 0.29) is 17.6 Å². The summed E-state index contributed by atoms with van der Waals surface area (Å²) in [4.78, 5) is 11.5. The molecule has 1 fully saturated rings. The summed E-state index contributed by atoms with van der Waals surface area (Å²) in [5.74, 6) is 2.32. The first kappa shape index (κ1) is 15.0. The van der Waals surface area contributed by atoms with Gasteiger partial charge in [-0.25, -0.2) is 9.97 Å². The summed E-state index contributed by atoms with van der Waals surface area (Å²) in [5.41, 5.74) is 6.93. The Hall–Kier alpha value is -1.36. The van der Waals surface area contributed by atoms with Crippen LogP contribution in [0.15, 0.2) is 0 Å². The van der Waals surface area contributed by atoms with Crippen LogP contribution in [0.4, 0.5) is 11.6 Å². The van der Waals surface area contributed by atoms with Crippen LogP contribution in [0.1, 0.15) is 46.0 Å². The van der Waals surface area contributed by atoms with Crippen molar-refractivity contribution in [2.75, 3.05) is 23.7 Å². The van der Waals surface area contributed by atoms with Crippen molar-refractivity contribution in [3.8, 4) is 0 Å². The average Bonchev–Trinajstić information content (AvgIpc) is 2.29. The molecule has 0 aliphatic carbocycles. The largest absolute Gasteiger partial charge is 0.383 e. The number of anilines is 2. The molecular weight excluding hydrogens is 252 g/mol. The van der Waals surface area contributed by atoms with Crippen LogP contribution in [0, 0.1) is 6.92 Å². The van der Waals surface area contributed by atoms with Gasteiger partial charge in [0.1, 0.15) is 17.5 Å². The Kier molecular flexibility index (Phi) is 3.91. The molecule has 5 nitrogen and oxygen atoms in total. The monoisotopic (exact) mass is 278 g/mol. The van der Waals surface area contributed by atoms with Gasteiger partial charge in [0.2, 0.25) is 0 Å². The van der Waals surface area contributed by atoms with Crippen LogP contribution < -0.4 is 10.6 Å². The summed E-state index contributed by atoms with van der Waals surface area (Å²) in [6.07, 6.45) is 0.403. The van der Waals surface area contributed by atoms with E-state index in [9.17, 15) is 0 Å². The maximum Gasteiger partial charge on any atom is 0.138 e. The highest BCUT2D eigenvalue weighted by molar-refractivity contribution is 5.57. The molecule has 0 unspecified atom stereocenters. The van der Waals surface area contributed by atoms with Crippen LogP contribution in [-0.4, -0.2) is 35.3 Å². The zero-order valence-corrected chi connectivity index (χ0v) is 13.4. The standard InChI is InChI=1S/C15H26N4O/c1-9-7-19(8-10(2)20-9)13-11(3)12(16)17-14(18-13)15(4,5)6/h9-10H,7-8H2,1-6H3,(H2,16,17,18)/t9-,10+. The van der Waals surface area contributed by atoms with Gasteiger partial charge >= 0.3 is 0 Å². The van der Waals surface area contributed by atoms with Gasteiger partial charge < -0.3 is 15.4 Å². The number of aromatic nitrogens is 2. The van der Waals surface area contributed by atoms with Gasteiger partial charge in [-0.15, -0.1) is 0 Å². The van der Waals surface area contributed by atoms with Crippen LogP contribution in [-0.2, 0) is 10.2 Å². The molecule has 2 atom stereocenters. The summed E-state index contributed by atoms with van der Waals surface area (Å²) in [6, 6.07) is 0. The molecule has 1 aromatic heterocycles. The third-order valence-electron chi connectivity index (χ3n) is 3.55. The zero-order chi connectivity index (χ0) is 15.1. The van der Waals surface area contributed by atoms with Gasteiger partial charge in [0.15, 0.2) is 0 Å². The Bertz CT molecular complexity index is 485. The fraction of sp³-hybridized carbons (Fsp3) is 0.733. The van der Waals surface area contributed by atoms with E-state index in [1.807, 2.05) is 6.92 Å². The molecule has 0 amide bonds. The van der Waals surface area contributed by atoms with Crippen molar-refractivity contribution in [2.24, 2.45) is 0 Å². The van der Waals surface area contributed by atoms with Gasteiger partial charge in [0, 0.05) is 24.1 Å². The molecule has 1 aliphatic heterocycles. The molecule has 0 spiro atoms. The van der Waals surface area contributed by atoms with Crippen molar-refractivity contribution in [2.45, 2.75) is 59.2 Å². The second-order valence-corrected chi connectivity index (χ2v) is 6.79. The molecule has 20 heavy (non-hydrogen) atoms.